The molecule has 0 aromatic heterocycles. The van der Waals surface area contributed by atoms with Crippen molar-refractivity contribution in [3.63, 3.8) is 0 Å². The molecule has 0 heterocycles. The van der Waals surface area contributed by atoms with Gasteiger partial charge in [-0.05, 0) is 31.9 Å². The van der Waals surface area contributed by atoms with Gasteiger partial charge in [-0.3, -0.25) is 14.9 Å². The molecule has 0 radical (unpaired) electrons. The molecule has 0 saturated carbocycles. The van der Waals surface area contributed by atoms with Crippen LogP contribution in [0.3, 0.4) is 0 Å². The zero-order valence-electron chi connectivity index (χ0n) is 12.0. The molecule has 0 aliphatic rings. The van der Waals surface area contributed by atoms with Gasteiger partial charge in [-0.15, -0.1) is 0 Å². The summed E-state index contributed by atoms with van der Waals surface area (Å²) < 4.78 is 10.3. The molecule has 21 heavy (non-hydrogen) atoms. The average molecular weight is 297 g/mol. The molecule has 1 amide bonds. The van der Waals surface area contributed by atoms with Crippen LogP contribution in [0, 0.1) is 10.1 Å². The normalized spacial score (nSPS) is 13.3. The van der Waals surface area contributed by atoms with E-state index in [-0.39, 0.29) is 18.0 Å². The molecule has 0 fully saturated rings. The van der Waals surface area contributed by atoms with Gasteiger partial charge in [0.1, 0.15) is 5.75 Å². The van der Waals surface area contributed by atoms with Crippen molar-refractivity contribution in [2.45, 2.75) is 25.3 Å². The van der Waals surface area contributed by atoms with Gasteiger partial charge in [0.15, 0.2) is 5.75 Å². The number of methoxy groups -OCH3 is 1. The van der Waals surface area contributed by atoms with Crippen LogP contribution in [0.2, 0.25) is 0 Å². The summed E-state index contributed by atoms with van der Waals surface area (Å²) in [6, 6.07) is 4.32. The third-order valence-electron chi connectivity index (χ3n) is 3.02. The lowest BCUT2D eigenvalue weighted by molar-refractivity contribution is -0.385. The number of amides is 1. The molecular weight excluding hydrogens is 278 g/mol. The third-order valence-corrected chi connectivity index (χ3v) is 3.02. The monoisotopic (exact) mass is 297 g/mol. The van der Waals surface area contributed by atoms with Crippen molar-refractivity contribution in [3.8, 4) is 11.5 Å². The number of hydrogen-bond acceptors (Lipinski definition) is 6. The summed E-state index contributed by atoms with van der Waals surface area (Å²) >= 11 is 0. The summed E-state index contributed by atoms with van der Waals surface area (Å²) in [4.78, 5) is 21.4. The minimum Gasteiger partial charge on any atom is -0.493 e. The van der Waals surface area contributed by atoms with Crippen molar-refractivity contribution >= 4 is 11.6 Å². The molecule has 8 heteroatoms. The predicted octanol–water partition coefficient (Wildman–Crippen LogP) is 0.965. The largest absolute Gasteiger partial charge is 0.493 e. The maximum Gasteiger partial charge on any atom is 0.314 e. The minimum atomic E-state index is -1.09. The Morgan fingerprint density at radius 3 is 2.67 bits per heavy atom. The Morgan fingerprint density at radius 2 is 2.14 bits per heavy atom. The Morgan fingerprint density at radius 1 is 1.48 bits per heavy atom. The van der Waals surface area contributed by atoms with Crippen molar-refractivity contribution in [1.29, 1.82) is 0 Å². The molecule has 0 aliphatic heterocycles. The van der Waals surface area contributed by atoms with Crippen molar-refractivity contribution in [2.24, 2.45) is 11.5 Å². The number of carbonyl (C=O) groups is 1. The molecule has 8 nitrogen and oxygen atoms in total. The molecule has 0 aliphatic carbocycles. The van der Waals surface area contributed by atoms with Gasteiger partial charge in [0.2, 0.25) is 5.91 Å². The first kappa shape index (κ1) is 16.7. The fraction of sp³-hybridized carbons (Fsp3) is 0.462. The second-order valence-electron chi connectivity index (χ2n) is 4.82. The van der Waals surface area contributed by atoms with Gasteiger partial charge in [0.05, 0.1) is 30.2 Å². The first-order valence-electron chi connectivity index (χ1n) is 6.32. The van der Waals surface area contributed by atoms with E-state index in [1.807, 2.05) is 0 Å². The average Bonchev–Trinajstić information content (AvgIpc) is 2.43. The summed E-state index contributed by atoms with van der Waals surface area (Å²) in [6.45, 7) is 1.82. The zero-order chi connectivity index (χ0) is 16.0. The lowest BCUT2D eigenvalue weighted by Gasteiger charge is -2.20. The van der Waals surface area contributed by atoms with E-state index >= 15 is 0 Å². The number of carbonyl (C=O) groups excluding carboxylic acids is 1. The molecule has 0 spiro atoms. The number of nitro benzene ring substituents is 1. The van der Waals surface area contributed by atoms with E-state index in [4.69, 9.17) is 20.9 Å². The van der Waals surface area contributed by atoms with Gasteiger partial charge in [0, 0.05) is 0 Å². The summed E-state index contributed by atoms with van der Waals surface area (Å²) in [6.07, 6.45) is 0.857. The number of nitrogens with zero attached hydrogens (tertiary/aromatic N) is 1. The summed E-state index contributed by atoms with van der Waals surface area (Å²) in [5.41, 5.74) is 9.60. The molecule has 0 bridgehead atoms. The molecule has 1 rings (SSSR count). The summed E-state index contributed by atoms with van der Waals surface area (Å²) in [7, 11) is 1.36. The van der Waals surface area contributed by atoms with Crippen LogP contribution in [0.15, 0.2) is 18.2 Å². The quantitative estimate of drug-likeness (QED) is 0.417. The summed E-state index contributed by atoms with van der Waals surface area (Å²) in [5.74, 6) is -0.0708. The van der Waals surface area contributed by atoms with Crippen LogP contribution in [0.25, 0.3) is 0 Å². The highest BCUT2D eigenvalue weighted by atomic mass is 16.6. The SMILES string of the molecule is COc1ccc(OCCCC(C)(N)C(N)=O)cc1[N+](=O)[O-]. The van der Waals surface area contributed by atoms with E-state index in [0.29, 0.717) is 18.6 Å². The van der Waals surface area contributed by atoms with Crippen LogP contribution in [0.5, 0.6) is 11.5 Å². The fourth-order valence-electron chi connectivity index (χ4n) is 1.65. The maximum absolute atomic E-state index is 11.0. The third kappa shape index (κ3) is 4.60. The molecule has 4 N–H and O–H groups in total. The molecule has 1 unspecified atom stereocenters. The van der Waals surface area contributed by atoms with Gasteiger partial charge in [0.25, 0.3) is 0 Å². The highest BCUT2D eigenvalue weighted by molar-refractivity contribution is 5.83. The number of hydrogen-bond donors (Lipinski definition) is 2. The predicted molar refractivity (Wildman–Crippen MR) is 76.2 cm³/mol. The van der Waals surface area contributed by atoms with E-state index < -0.39 is 16.4 Å². The lowest BCUT2D eigenvalue weighted by Crippen LogP contribution is -2.49. The molecular formula is C13H19N3O5. The van der Waals surface area contributed by atoms with E-state index in [2.05, 4.69) is 0 Å². The van der Waals surface area contributed by atoms with E-state index in [9.17, 15) is 14.9 Å². The van der Waals surface area contributed by atoms with Crippen LogP contribution in [-0.2, 0) is 4.79 Å². The molecule has 116 valence electrons. The lowest BCUT2D eigenvalue weighted by atomic mass is 9.97. The molecule has 0 saturated heterocycles. The fourth-order valence-corrected chi connectivity index (χ4v) is 1.65. The van der Waals surface area contributed by atoms with Gasteiger partial charge in [-0.2, -0.15) is 0 Å². The highest BCUT2D eigenvalue weighted by Gasteiger charge is 2.24. The zero-order valence-corrected chi connectivity index (χ0v) is 12.0. The number of nitro groups is 1. The van der Waals surface area contributed by atoms with Crippen LogP contribution >= 0.6 is 0 Å². The number of nitrogens with two attached hydrogens (primary N) is 2. The molecule has 1 aromatic carbocycles. The number of ether oxygens (including phenoxy) is 2. The second-order valence-corrected chi connectivity index (χ2v) is 4.82. The van der Waals surface area contributed by atoms with E-state index in [1.54, 1.807) is 13.0 Å². The van der Waals surface area contributed by atoms with Crippen LogP contribution in [0.1, 0.15) is 19.8 Å². The maximum atomic E-state index is 11.0. The molecule has 1 aromatic rings. The van der Waals surface area contributed by atoms with E-state index in [1.165, 1.54) is 19.2 Å². The van der Waals surface area contributed by atoms with Crippen molar-refractivity contribution < 1.29 is 19.2 Å². The van der Waals surface area contributed by atoms with Crippen LogP contribution < -0.4 is 20.9 Å². The second kappa shape index (κ2) is 6.89. The number of benzene rings is 1. The highest BCUT2D eigenvalue weighted by Crippen LogP contribution is 2.30. The standard InChI is InChI=1S/C13H19N3O5/c1-13(15,12(14)17)6-3-7-21-9-4-5-11(20-2)10(8-9)16(18)19/h4-5,8H,3,6-7,15H2,1-2H3,(H2,14,17). The van der Waals surface area contributed by atoms with Crippen LogP contribution in [0.4, 0.5) is 5.69 Å². The topological polar surface area (TPSA) is 131 Å². The first-order chi connectivity index (χ1) is 9.77. The Bertz CT molecular complexity index is 531. The van der Waals surface area contributed by atoms with Gasteiger partial charge in [-0.25, -0.2) is 0 Å². The smallest absolute Gasteiger partial charge is 0.314 e. The number of primary amides is 1. The Kier molecular flexibility index (Phi) is 5.48. The van der Waals surface area contributed by atoms with Gasteiger partial charge >= 0.3 is 5.69 Å². The van der Waals surface area contributed by atoms with Crippen LogP contribution in [-0.4, -0.2) is 30.1 Å². The van der Waals surface area contributed by atoms with Gasteiger partial charge in [-0.1, -0.05) is 0 Å². The summed E-state index contributed by atoms with van der Waals surface area (Å²) in [5, 5.41) is 10.9. The Labute approximate surface area is 122 Å². The van der Waals surface area contributed by atoms with Crippen molar-refractivity contribution in [1.82, 2.24) is 0 Å². The van der Waals surface area contributed by atoms with Crippen molar-refractivity contribution in [3.05, 3.63) is 28.3 Å². The Hall–Kier alpha value is -2.35. The number of rotatable bonds is 8. The Balaban J connectivity index is 2.59. The van der Waals surface area contributed by atoms with E-state index in [0.717, 1.165) is 0 Å². The molecule has 1 atom stereocenters. The van der Waals surface area contributed by atoms with Crippen molar-refractivity contribution in [2.75, 3.05) is 13.7 Å². The minimum absolute atomic E-state index is 0.163. The first-order valence-corrected chi connectivity index (χ1v) is 6.32. The van der Waals surface area contributed by atoms with Gasteiger partial charge < -0.3 is 20.9 Å².